The highest BCUT2D eigenvalue weighted by atomic mass is 16.5. The maximum absolute atomic E-state index is 8.92. The summed E-state index contributed by atoms with van der Waals surface area (Å²) in [6, 6.07) is 5.63. The van der Waals surface area contributed by atoms with E-state index >= 15 is 0 Å². The first-order valence-electron chi connectivity index (χ1n) is 10.2. The maximum Gasteiger partial charge on any atom is 0.233 e. The number of aromatic nitrogens is 4. The number of aryl methyl sites for hydroxylation is 1. The molecule has 4 heterocycles. The number of nitrogens with zero attached hydrogens (tertiary/aromatic N) is 5. The number of ether oxygens (including phenoxy) is 1. The molecule has 0 radical (unpaired) electrons. The third kappa shape index (κ3) is 4.12. The molecule has 3 N–H and O–H groups in total. The van der Waals surface area contributed by atoms with E-state index in [-0.39, 0.29) is 0 Å². The summed E-state index contributed by atoms with van der Waals surface area (Å²) < 4.78 is 5.48. The quantitative estimate of drug-likeness (QED) is 0.654. The van der Waals surface area contributed by atoms with Gasteiger partial charge in [-0.2, -0.15) is 20.3 Å². The number of anilines is 3. The minimum absolute atomic E-state index is 0.351. The predicted molar refractivity (Wildman–Crippen MR) is 110 cm³/mol. The first-order chi connectivity index (χ1) is 14.1. The molecule has 2 bridgehead atoms. The zero-order valence-corrected chi connectivity index (χ0v) is 17.2. The molecular weight excluding hydrogens is 368 g/mol. The number of aromatic amines is 1. The Bertz CT molecular complexity index is 890. The van der Waals surface area contributed by atoms with Gasteiger partial charge in [-0.1, -0.05) is 0 Å². The normalized spacial score (nSPS) is 23.6. The van der Waals surface area contributed by atoms with Crippen LogP contribution in [0.2, 0.25) is 0 Å². The second-order valence-electron chi connectivity index (χ2n) is 7.93. The second kappa shape index (κ2) is 8.25. The van der Waals surface area contributed by atoms with Crippen molar-refractivity contribution < 1.29 is 4.74 Å². The number of rotatable bonds is 7. The standard InChI is InChI=1S/C20H28N8O/c1-12-9-17(27-26-12)23-20-24-18(13(2)19(25-20)29-3)22-14-10-15-5-6-16(11-14)28(15)8-4-7-21/h9,14-16H,4-6,8,10-11H2,1-3H3,(H3,22,23,24,25,26,27)/t14-,15-,16+. The summed E-state index contributed by atoms with van der Waals surface area (Å²) in [7, 11) is 1.62. The van der Waals surface area contributed by atoms with Gasteiger partial charge in [0.25, 0.3) is 0 Å². The largest absolute Gasteiger partial charge is 0.481 e. The van der Waals surface area contributed by atoms with Crippen LogP contribution in [0.25, 0.3) is 0 Å². The topological polar surface area (TPSA) is 115 Å². The summed E-state index contributed by atoms with van der Waals surface area (Å²) in [6.45, 7) is 4.80. The zero-order chi connectivity index (χ0) is 20.4. The van der Waals surface area contributed by atoms with E-state index in [1.54, 1.807) is 7.11 Å². The van der Waals surface area contributed by atoms with Gasteiger partial charge in [-0.3, -0.25) is 10.00 Å². The Morgan fingerprint density at radius 2 is 2.03 bits per heavy atom. The first-order valence-corrected chi connectivity index (χ1v) is 10.2. The van der Waals surface area contributed by atoms with E-state index in [4.69, 9.17) is 15.0 Å². The molecule has 2 aromatic heterocycles. The number of piperidine rings is 1. The first kappa shape index (κ1) is 19.5. The lowest BCUT2D eigenvalue weighted by Gasteiger charge is -2.39. The van der Waals surface area contributed by atoms with Gasteiger partial charge in [-0.25, -0.2) is 0 Å². The van der Waals surface area contributed by atoms with Gasteiger partial charge in [0.1, 0.15) is 5.82 Å². The Labute approximate surface area is 170 Å². The fourth-order valence-electron chi connectivity index (χ4n) is 4.62. The molecule has 4 rings (SSSR count). The van der Waals surface area contributed by atoms with Crippen LogP contribution in [0.4, 0.5) is 17.6 Å². The molecule has 0 aromatic carbocycles. The lowest BCUT2D eigenvalue weighted by molar-refractivity contribution is 0.135. The van der Waals surface area contributed by atoms with Crippen LogP contribution >= 0.6 is 0 Å². The summed E-state index contributed by atoms with van der Waals surface area (Å²) >= 11 is 0. The molecule has 3 atom stereocenters. The highest BCUT2D eigenvalue weighted by molar-refractivity contribution is 5.57. The van der Waals surface area contributed by atoms with Crippen LogP contribution in [0.3, 0.4) is 0 Å². The zero-order valence-electron chi connectivity index (χ0n) is 17.2. The number of hydrogen-bond donors (Lipinski definition) is 3. The summed E-state index contributed by atoms with van der Waals surface area (Å²) in [5, 5.41) is 22.8. The molecule has 2 fully saturated rings. The summed E-state index contributed by atoms with van der Waals surface area (Å²) in [6.07, 6.45) is 5.16. The van der Waals surface area contributed by atoms with Gasteiger partial charge in [0.15, 0.2) is 5.82 Å². The molecular formula is C20H28N8O. The smallest absolute Gasteiger partial charge is 0.233 e. The molecule has 0 spiro atoms. The second-order valence-corrected chi connectivity index (χ2v) is 7.93. The molecule has 9 nitrogen and oxygen atoms in total. The summed E-state index contributed by atoms with van der Waals surface area (Å²) in [5.74, 6) is 2.47. The highest BCUT2D eigenvalue weighted by Crippen LogP contribution is 2.37. The van der Waals surface area contributed by atoms with Crippen LogP contribution in [0, 0.1) is 25.2 Å². The Morgan fingerprint density at radius 1 is 1.28 bits per heavy atom. The Hall–Kier alpha value is -2.86. The van der Waals surface area contributed by atoms with Crippen molar-refractivity contribution in [2.24, 2.45) is 0 Å². The van der Waals surface area contributed by atoms with E-state index in [2.05, 4.69) is 36.8 Å². The molecule has 0 unspecified atom stereocenters. The van der Waals surface area contributed by atoms with Gasteiger partial charge in [0.2, 0.25) is 11.8 Å². The van der Waals surface area contributed by atoms with Crippen molar-refractivity contribution in [3.8, 4) is 11.9 Å². The fourth-order valence-corrected chi connectivity index (χ4v) is 4.62. The van der Waals surface area contributed by atoms with Gasteiger partial charge >= 0.3 is 0 Å². The number of fused-ring (bicyclic) bond motifs is 2. The van der Waals surface area contributed by atoms with Crippen LogP contribution < -0.4 is 15.4 Å². The van der Waals surface area contributed by atoms with E-state index in [0.717, 1.165) is 36.5 Å². The van der Waals surface area contributed by atoms with E-state index < -0.39 is 0 Å². The molecule has 0 aliphatic carbocycles. The van der Waals surface area contributed by atoms with Crippen LogP contribution in [0.5, 0.6) is 5.88 Å². The third-order valence-corrected chi connectivity index (χ3v) is 5.95. The van der Waals surface area contributed by atoms with Crippen LogP contribution in [-0.4, -0.2) is 56.8 Å². The van der Waals surface area contributed by atoms with Crippen molar-refractivity contribution in [1.82, 2.24) is 25.1 Å². The minimum atomic E-state index is 0.351. The SMILES string of the molecule is COc1nc(Nc2cc(C)[nH]n2)nc(N[C@@H]2C[C@H]3CC[C@@H](C2)N3CCC#N)c1C. The Kier molecular flexibility index (Phi) is 5.53. The number of methoxy groups -OCH3 is 1. The van der Waals surface area contributed by atoms with Crippen LogP contribution in [0.15, 0.2) is 6.07 Å². The molecule has 154 valence electrons. The monoisotopic (exact) mass is 396 g/mol. The highest BCUT2D eigenvalue weighted by Gasteiger charge is 2.40. The molecule has 0 amide bonds. The number of nitriles is 1. The average molecular weight is 396 g/mol. The molecule has 2 aliphatic rings. The van der Waals surface area contributed by atoms with E-state index in [1.165, 1.54) is 12.8 Å². The Morgan fingerprint density at radius 3 is 2.66 bits per heavy atom. The lowest BCUT2D eigenvalue weighted by Crippen LogP contribution is -2.47. The van der Waals surface area contributed by atoms with E-state index in [9.17, 15) is 0 Å². The summed E-state index contributed by atoms with van der Waals surface area (Å²) in [4.78, 5) is 11.7. The molecule has 29 heavy (non-hydrogen) atoms. The van der Waals surface area contributed by atoms with Crippen LogP contribution in [-0.2, 0) is 0 Å². The van der Waals surface area contributed by atoms with Crippen LogP contribution in [0.1, 0.15) is 43.4 Å². The molecule has 2 saturated heterocycles. The van der Waals surface area contributed by atoms with Gasteiger partial charge in [0.05, 0.1) is 18.7 Å². The molecule has 0 saturated carbocycles. The molecule has 9 heteroatoms. The minimum Gasteiger partial charge on any atom is -0.481 e. The van der Waals surface area contributed by atoms with Crippen molar-refractivity contribution in [3.63, 3.8) is 0 Å². The average Bonchev–Trinajstić information content (AvgIpc) is 3.21. The van der Waals surface area contributed by atoms with Gasteiger partial charge < -0.3 is 15.4 Å². The van der Waals surface area contributed by atoms with Crippen molar-refractivity contribution in [2.75, 3.05) is 24.3 Å². The van der Waals surface area contributed by atoms with Crippen molar-refractivity contribution in [2.45, 2.75) is 64.1 Å². The van der Waals surface area contributed by atoms with Crippen molar-refractivity contribution in [1.29, 1.82) is 5.26 Å². The third-order valence-electron chi connectivity index (χ3n) is 5.95. The fraction of sp³-hybridized carbons (Fsp3) is 0.600. The van der Waals surface area contributed by atoms with Gasteiger partial charge in [0, 0.05) is 42.9 Å². The number of H-pyrrole nitrogens is 1. The number of hydrogen-bond acceptors (Lipinski definition) is 8. The molecule has 2 aromatic rings. The van der Waals surface area contributed by atoms with Gasteiger partial charge in [-0.15, -0.1) is 0 Å². The predicted octanol–water partition coefficient (Wildman–Crippen LogP) is 2.89. The lowest BCUT2D eigenvalue weighted by atomic mass is 9.97. The van der Waals surface area contributed by atoms with Crippen molar-refractivity contribution in [3.05, 3.63) is 17.3 Å². The van der Waals surface area contributed by atoms with E-state index in [0.29, 0.717) is 42.2 Å². The summed E-state index contributed by atoms with van der Waals surface area (Å²) in [5.41, 5.74) is 1.86. The van der Waals surface area contributed by atoms with Crippen molar-refractivity contribution >= 4 is 17.6 Å². The number of nitrogens with one attached hydrogen (secondary N) is 3. The van der Waals surface area contributed by atoms with E-state index in [1.807, 2.05) is 19.9 Å². The maximum atomic E-state index is 8.92. The van der Waals surface area contributed by atoms with Gasteiger partial charge in [-0.05, 0) is 39.5 Å². The molecule has 2 aliphatic heterocycles. The Balaban J connectivity index is 1.50.